The summed E-state index contributed by atoms with van der Waals surface area (Å²) in [7, 11) is 0. The van der Waals surface area contributed by atoms with Gasteiger partial charge < -0.3 is 14.4 Å². The largest absolute Gasteiger partial charge is 0.491 e. The van der Waals surface area contributed by atoms with E-state index in [9.17, 15) is 4.79 Å². The molecule has 1 aliphatic heterocycles. The minimum atomic E-state index is -0.122. The van der Waals surface area contributed by atoms with Crippen LogP contribution in [0.1, 0.15) is 17.5 Å². The number of carbonyl (C=O) groups excluding carboxylic acids is 1. The number of thioether (sulfide) groups is 1. The molecule has 1 aromatic heterocycles. The number of hydrogen-bond donors (Lipinski definition) is 0. The summed E-state index contributed by atoms with van der Waals surface area (Å²) in [4.78, 5) is 18.5. The van der Waals surface area contributed by atoms with Gasteiger partial charge in [-0.1, -0.05) is 29.8 Å². The van der Waals surface area contributed by atoms with Crippen LogP contribution in [-0.2, 0) is 15.3 Å². The van der Waals surface area contributed by atoms with E-state index in [1.807, 2.05) is 29.2 Å². The molecule has 1 unspecified atom stereocenters. The second-order valence-electron chi connectivity index (χ2n) is 7.77. The lowest BCUT2D eigenvalue weighted by Crippen LogP contribution is -2.47. The second-order valence-corrected chi connectivity index (χ2v) is 8.87. The van der Waals surface area contributed by atoms with Crippen LogP contribution in [0.5, 0.6) is 5.75 Å². The first-order chi connectivity index (χ1) is 15.7. The van der Waals surface area contributed by atoms with Gasteiger partial charge in [0.15, 0.2) is 0 Å². The fourth-order valence-corrected chi connectivity index (χ4v) is 4.36. The van der Waals surface area contributed by atoms with Crippen LogP contribution in [0.2, 0.25) is 0 Å². The molecule has 1 atom stereocenters. The molecule has 0 bridgehead atoms. The van der Waals surface area contributed by atoms with Crippen LogP contribution in [0, 0.1) is 6.92 Å². The number of amides is 1. The minimum Gasteiger partial charge on any atom is -0.491 e. The SMILES string of the molecule is Cc1ccc(CSCCC(=O)N2CCOC(COc3ccc(-n4cncn4)cc3)C2)cc1. The van der Waals surface area contributed by atoms with E-state index in [0.29, 0.717) is 32.7 Å². The molecule has 2 heterocycles. The molecule has 1 fully saturated rings. The van der Waals surface area contributed by atoms with Crippen LogP contribution in [0.4, 0.5) is 0 Å². The maximum atomic E-state index is 12.6. The Kier molecular flexibility index (Phi) is 7.79. The minimum absolute atomic E-state index is 0.122. The molecule has 0 spiro atoms. The summed E-state index contributed by atoms with van der Waals surface area (Å²) < 4.78 is 13.4. The first-order valence-corrected chi connectivity index (χ1v) is 11.9. The summed E-state index contributed by atoms with van der Waals surface area (Å²) in [6.07, 6.45) is 3.58. The number of benzene rings is 2. The zero-order valence-electron chi connectivity index (χ0n) is 18.2. The van der Waals surface area contributed by atoms with Gasteiger partial charge in [-0.2, -0.15) is 16.9 Å². The maximum absolute atomic E-state index is 12.6. The Labute approximate surface area is 192 Å². The number of aromatic nitrogens is 3. The molecular formula is C24H28N4O3S. The topological polar surface area (TPSA) is 69.5 Å². The molecule has 168 valence electrons. The number of rotatable bonds is 9. The highest BCUT2D eigenvalue weighted by Crippen LogP contribution is 2.17. The van der Waals surface area contributed by atoms with Crippen molar-refractivity contribution in [2.75, 3.05) is 32.1 Å². The Morgan fingerprint density at radius 1 is 1.19 bits per heavy atom. The van der Waals surface area contributed by atoms with E-state index in [4.69, 9.17) is 9.47 Å². The molecule has 1 aliphatic rings. The van der Waals surface area contributed by atoms with Crippen molar-refractivity contribution >= 4 is 17.7 Å². The van der Waals surface area contributed by atoms with E-state index in [2.05, 4.69) is 41.3 Å². The van der Waals surface area contributed by atoms with Crippen LogP contribution in [0.25, 0.3) is 5.69 Å². The number of ether oxygens (including phenoxy) is 2. The third-order valence-corrected chi connectivity index (χ3v) is 6.33. The van der Waals surface area contributed by atoms with E-state index >= 15 is 0 Å². The molecule has 2 aromatic carbocycles. The Hall–Kier alpha value is -2.84. The van der Waals surface area contributed by atoms with Gasteiger partial charge >= 0.3 is 0 Å². The quantitative estimate of drug-likeness (QED) is 0.463. The predicted molar refractivity (Wildman–Crippen MR) is 125 cm³/mol. The highest BCUT2D eigenvalue weighted by Gasteiger charge is 2.24. The molecule has 1 amide bonds. The molecule has 0 aliphatic carbocycles. The third kappa shape index (κ3) is 6.34. The van der Waals surface area contributed by atoms with Gasteiger partial charge in [0.05, 0.1) is 18.8 Å². The van der Waals surface area contributed by atoms with Crippen molar-refractivity contribution in [1.29, 1.82) is 0 Å². The Morgan fingerprint density at radius 2 is 2.00 bits per heavy atom. The highest BCUT2D eigenvalue weighted by atomic mass is 32.2. The molecule has 8 heteroatoms. The Morgan fingerprint density at radius 3 is 2.75 bits per heavy atom. The zero-order valence-corrected chi connectivity index (χ0v) is 19.0. The molecule has 0 N–H and O–H groups in total. The number of nitrogens with zero attached hydrogens (tertiary/aromatic N) is 4. The molecule has 0 radical (unpaired) electrons. The van der Waals surface area contributed by atoms with Gasteiger partial charge in [0, 0.05) is 24.5 Å². The van der Waals surface area contributed by atoms with E-state index in [1.54, 1.807) is 22.8 Å². The molecule has 4 rings (SSSR count). The summed E-state index contributed by atoms with van der Waals surface area (Å²) in [5.74, 6) is 2.70. The lowest BCUT2D eigenvalue weighted by atomic mass is 10.2. The number of morpholine rings is 1. The van der Waals surface area contributed by atoms with Gasteiger partial charge in [0.2, 0.25) is 5.91 Å². The van der Waals surface area contributed by atoms with Crippen LogP contribution in [0.3, 0.4) is 0 Å². The molecule has 3 aromatic rings. The number of carbonyl (C=O) groups is 1. The summed E-state index contributed by atoms with van der Waals surface area (Å²) in [6, 6.07) is 16.2. The highest BCUT2D eigenvalue weighted by molar-refractivity contribution is 7.98. The standard InChI is InChI=1S/C24H28N4O3S/c1-19-2-4-20(5-3-19)16-32-13-10-24(29)27-11-12-30-23(14-27)15-31-22-8-6-21(7-9-22)28-18-25-17-26-28/h2-9,17-18,23H,10-16H2,1H3. The molecule has 0 saturated carbocycles. The van der Waals surface area contributed by atoms with Crippen molar-refractivity contribution in [3.8, 4) is 11.4 Å². The predicted octanol–water partition coefficient (Wildman–Crippen LogP) is 3.51. The normalized spacial score (nSPS) is 16.2. The average molecular weight is 453 g/mol. The summed E-state index contributed by atoms with van der Waals surface area (Å²) in [6.45, 7) is 4.26. The Bertz CT molecular complexity index is 977. The van der Waals surface area contributed by atoms with Crippen molar-refractivity contribution in [2.45, 2.75) is 25.2 Å². The first-order valence-electron chi connectivity index (χ1n) is 10.8. The van der Waals surface area contributed by atoms with Crippen molar-refractivity contribution in [1.82, 2.24) is 19.7 Å². The van der Waals surface area contributed by atoms with Crippen LogP contribution < -0.4 is 4.74 Å². The van der Waals surface area contributed by atoms with E-state index < -0.39 is 0 Å². The van der Waals surface area contributed by atoms with Gasteiger partial charge in [-0.05, 0) is 36.8 Å². The van der Waals surface area contributed by atoms with Crippen LogP contribution >= 0.6 is 11.8 Å². The molecular weight excluding hydrogens is 424 g/mol. The van der Waals surface area contributed by atoms with E-state index in [0.717, 1.165) is 22.9 Å². The average Bonchev–Trinajstić information content (AvgIpc) is 3.37. The summed E-state index contributed by atoms with van der Waals surface area (Å²) >= 11 is 1.80. The monoisotopic (exact) mass is 452 g/mol. The lowest BCUT2D eigenvalue weighted by Gasteiger charge is -2.33. The van der Waals surface area contributed by atoms with Crippen LogP contribution in [-0.4, -0.2) is 63.7 Å². The lowest BCUT2D eigenvalue weighted by molar-refractivity contribution is -0.139. The van der Waals surface area contributed by atoms with Gasteiger partial charge in [0.1, 0.15) is 31.1 Å². The maximum Gasteiger partial charge on any atom is 0.223 e. The smallest absolute Gasteiger partial charge is 0.223 e. The zero-order chi connectivity index (χ0) is 22.2. The summed E-state index contributed by atoms with van der Waals surface area (Å²) in [5.41, 5.74) is 3.48. The molecule has 32 heavy (non-hydrogen) atoms. The van der Waals surface area contributed by atoms with Gasteiger partial charge in [-0.3, -0.25) is 4.79 Å². The second kappa shape index (κ2) is 11.2. The van der Waals surface area contributed by atoms with Gasteiger partial charge in [-0.25, -0.2) is 9.67 Å². The van der Waals surface area contributed by atoms with Crippen molar-refractivity contribution < 1.29 is 14.3 Å². The van der Waals surface area contributed by atoms with Crippen LogP contribution in [0.15, 0.2) is 61.2 Å². The number of aryl methyl sites for hydroxylation is 1. The number of hydrogen-bond acceptors (Lipinski definition) is 6. The van der Waals surface area contributed by atoms with E-state index in [1.165, 1.54) is 17.5 Å². The Balaban J connectivity index is 1.17. The van der Waals surface area contributed by atoms with Crippen molar-refractivity contribution in [3.63, 3.8) is 0 Å². The first kappa shape index (κ1) is 22.4. The fraction of sp³-hybridized carbons (Fsp3) is 0.375. The third-order valence-electron chi connectivity index (χ3n) is 5.30. The van der Waals surface area contributed by atoms with Gasteiger partial charge in [-0.15, -0.1) is 0 Å². The van der Waals surface area contributed by atoms with Gasteiger partial charge in [0.25, 0.3) is 0 Å². The molecule has 1 saturated heterocycles. The van der Waals surface area contributed by atoms with Crippen molar-refractivity contribution in [2.24, 2.45) is 0 Å². The fourth-order valence-electron chi connectivity index (χ4n) is 3.46. The molecule has 7 nitrogen and oxygen atoms in total. The summed E-state index contributed by atoms with van der Waals surface area (Å²) in [5, 5.41) is 4.11. The van der Waals surface area contributed by atoms with Crippen molar-refractivity contribution in [3.05, 3.63) is 72.3 Å². The van der Waals surface area contributed by atoms with E-state index in [-0.39, 0.29) is 12.0 Å².